The Labute approximate surface area is 128 Å². The van der Waals surface area contributed by atoms with E-state index in [1.54, 1.807) is 13.3 Å². The van der Waals surface area contributed by atoms with E-state index in [1.807, 2.05) is 42.5 Å². The lowest BCUT2D eigenvalue weighted by Crippen LogP contribution is -2.19. The van der Waals surface area contributed by atoms with Crippen molar-refractivity contribution in [2.24, 2.45) is 0 Å². The number of benzene rings is 1. The number of hydrogen-bond donors (Lipinski definition) is 0. The van der Waals surface area contributed by atoms with Crippen LogP contribution < -0.4 is 9.64 Å². The van der Waals surface area contributed by atoms with E-state index >= 15 is 0 Å². The predicted molar refractivity (Wildman–Crippen MR) is 83.6 cm³/mol. The monoisotopic (exact) mass is 300 g/mol. The number of thioether (sulfide) groups is 1. The highest BCUT2D eigenvalue weighted by molar-refractivity contribution is 7.98. The zero-order valence-electron chi connectivity index (χ0n) is 12.2. The van der Waals surface area contributed by atoms with Crippen LogP contribution >= 0.6 is 11.8 Å². The van der Waals surface area contributed by atoms with Gasteiger partial charge in [-0.05, 0) is 24.0 Å². The van der Waals surface area contributed by atoms with E-state index in [4.69, 9.17) is 4.74 Å². The average molecular weight is 300 g/mol. The number of methoxy groups -OCH3 is 1. The number of hydrogen-bond acceptors (Lipinski definition) is 6. The Hall–Kier alpha value is -2.26. The van der Waals surface area contributed by atoms with Crippen molar-refractivity contribution in [3.05, 3.63) is 41.6 Å². The molecule has 0 bridgehead atoms. The molecule has 0 saturated carbocycles. The van der Waals surface area contributed by atoms with E-state index in [0.29, 0.717) is 23.1 Å². The number of nitriles is 1. The molecule has 2 aromatic rings. The van der Waals surface area contributed by atoms with Crippen molar-refractivity contribution in [1.82, 2.24) is 9.97 Å². The van der Waals surface area contributed by atoms with Gasteiger partial charge in [-0.25, -0.2) is 9.97 Å². The molecule has 5 nitrogen and oxygen atoms in total. The number of rotatable bonds is 5. The smallest absolute Gasteiger partial charge is 0.189 e. The van der Waals surface area contributed by atoms with Gasteiger partial charge < -0.3 is 9.64 Å². The lowest BCUT2D eigenvalue weighted by atomic mass is 10.2. The van der Waals surface area contributed by atoms with Gasteiger partial charge in [0.1, 0.15) is 17.4 Å². The third kappa shape index (κ3) is 3.64. The maximum Gasteiger partial charge on any atom is 0.189 e. The molecule has 0 radical (unpaired) electrons. The molecule has 0 aliphatic carbocycles. The Balaban J connectivity index is 2.27. The van der Waals surface area contributed by atoms with Gasteiger partial charge in [-0.1, -0.05) is 23.9 Å². The molecule has 0 saturated heterocycles. The second-order valence-corrected chi connectivity index (χ2v) is 5.19. The van der Waals surface area contributed by atoms with Crippen LogP contribution in [0.1, 0.15) is 11.1 Å². The van der Waals surface area contributed by atoms with Crippen LogP contribution in [0, 0.1) is 11.3 Å². The summed E-state index contributed by atoms with van der Waals surface area (Å²) < 4.78 is 5.22. The van der Waals surface area contributed by atoms with Crippen molar-refractivity contribution in [3.8, 4) is 11.8 Å². The van der Waals surface area contributed by atoms with Crippen LogP contribution in [-0.4, -0.2) is 30.4 Å². The van der Waals surface area contributed by atoms with Crippen LogP contribution in [0.25, 0.3) is 0 Å². The number of ether oxygens (including phenoxy) is 1. The second-order valence-electron chi connectivity index (χ2n) is 4.41. The molecule has 21 heavy (non-hydrogen) atoms. The van der Waals surface area contributed by atoms with Crippen LogP contribution in [0.2, 0.25) is 0 Å². The molecule has 0 atom stereocenters. The maximum atomic E-state index is 9.20. The van der Waals surface area contributed by atoms with Gasteiger partial charge in [0, 0.05) is 13.6 Å². The lowest BCUT2D eigenvalue weighted by Gasteiger charge is -2.19. The highest BCUT2D eigenvalue weighted by Gasteiger charge is 2.12. The molecule has 0 aliphatic heterocycles. The Kier molecular flexibility index (Phi) is 5.01. The van der Waals surface area contributed by atoms with E-state index < -0.39 is 0 Å². The first-order valence-corrected chi connectivity index (χ1v) is 7.55. The zero-order valence-corrected chi connectivity index (χ0v) is 13.0. The van der Waals surface area contributed by atoms with Gasteiger partial charge in [0.15, 0.2) is 11.0 Å². The summed E-state index contributed by atoms with van der Waals surface area (Å²) >= 11 is 1.45. The van der Waals surface area contributed by atoms with Gasteiger partial charge in [-0.2, -0.15) is 5.26 Å². The fourth-order valence-electron chi connectivity index (χ4n) is 1.94. The number of nitrogens with zero attached hydrogens (tertiary/aromatic N) is 4. The summed E-state index contributed by atoms with van der Waals surface area (Å²) in [5, 5.41) is 9.85. The summed E-state index contributed by atoms with van der Waals surface area (Å²) in [5.41, 5.74) is 1.56. The molecule has 0 N–H and O–H groups in total. The Morgan fingerprint density at radius 1 is 1.43 bits per heavy atom. The predicted octanol–water partition coefficient (Wildman–Crippen LogP) is 2.72. The molecular formula is C15H16N4OS. The molecule has 1 heterocycles. The van der Waals surface area contributed by atoms with Crippen molar-refractivity contribution in [3.63, 3.8) is 0 Å². The van der Waals surface area contributed by atoms with Gasteiger partial charge in [0.2, 0.25) is 0 Å². The first-order chi connectivity index (χ1) is 10.2. The fraction of sp³-hybridized carbons (Fsp3) is 0.267. The summed E-state index contributed by atoms with van der Waals surface area (Å²) in [5.74, 6) is 1.45. The minimum atomic E-state index is 0.471. The summed E-state index contributed by atoms with van der Waals surface area (Å²) in [7, 11) is 3.55. The van der Waals surface area contributed by atoms with Crippen molar-refractivity contribution < 1.29 is 4.74 Å². The molecule has 1 aromatic carbocycles. The third-order valence-corrected chi connectivity index (χ3v) is 3.53. The first kappa shape index (κ1) is 15.1. The van der Waals surface area contributed by atoms with Gasteiger partial charge in [-0.15, -0.1) is 0 Å². The number of anilines is 1. The zero-order chi connectivity index (χ0) is 15.2. The normalized spacial score (nSPS) is 10.0. The van der Waals surface area contributed by atoms with E-state index in [9.17, 15) is 5.26 Å². The van der Waals surface area contributed by atoms with Crippen LogP contribution in [-0.2, 0) is 6.54 Å². The molecule has 108 valence electrons. The average Bonchev–Trinajstić information content (AvgIpc) is 2.54. The Morgan fingerprint density at radius 2 is 2.24 bits per heavy atom. The van der Waals surface area contributed by atoms with E-state index in [-0.39, 0.29) is 0 Å². The molecule has 0 aliphatic rings. The highest BCUT2D eigenvalue weighted by atomic mass is 32.2. The van der Waals surface area contributed by atoms with E-state index in [2.05, 4.69) is 16.0 Å². The molecular weight excluding hydrogens is 284 g/mol. The molecule has 0 fully saturated rings. The van der Waals surface area contributed by atoms with Crippen molar-refractivity contribution in [2.75, 3.05) is 25.3 Å². The lowest BCUT2D eigenvalue weighted by molar-refractivity contribution is 0.414. The molecule has 0 spiro atoms. The topological polar surface area (TPSA) is 62.0 Å². The van der Waals surface area contributed by atoms with Crippen LogP contribution in [0.3, 0.4) is 0 Å². The highest BCUT2D eigenvalue weighted by Crippen LogP contribution is 2.21. The molecule has 1 aromatic heterocycles. The Morgan fingerprint density at radius 3 is 2.90 bits per heavy atom. The quantitative estimate of drug-likeness (QED) is 0.625. The number of aromatic nitrogens is 2. The van der Waals surface area contributed by atoms with Crippen LogP contribution in [0.5, 0.6) is 5.75 Å². The first-order valence-electron chi connectivity index (χ1n) is 6.33. The summed E-state index contributed by atoms with van der Waals surface area (Å²) in [6, 6.07) is 9.97. The minimum Gasteiger partial charge on any atom is -0.497 e. The molecule has 0 unspecified atom stereocenters. The van der Waals surface area contributed by atoms with Gasteiger partial charge in [-0.3, -0.25) is 0 Å². The summed E-state index contributed by atoms with van der Waals surface area (Å²) in [6.07, 6.45) is 3.48. The largest absolute Gasteiger partial charge is 0.497 e. The van der Waals surface area contributed by atoms with Gasteiger partial charge in [0.25, 0.3) is 0 Å². The fourth-order valence-corrected chi connectivity index (χ4v) is 2.28. The molecule has 0 amide bonds. The summed E-state index contributed by atoms with van der Waals surface area (Å²) in [4.78, 5) is 10.5. The van der Waals surface area contributed by atoms with Crippen LogP contribution in [0.4, 0.5) is 5.82 Å². The van der Waals surface area contributed by atoms with E-state index in [0.717, 1.165) is 11.3 Å². The SMILES string of the molecule is COc1cccc(CN(C)c2nc(SC)ncc2C#N)c1. The third-order valence-electron chi connectivity index (χ3n) is 2.97. The molecule has 6 heteroatoms. The minimum absolute atomic E-state index is 0.471. The van der Waals surface area contributed by atoms with Gasteiger partial charge >= 0.3 is 0 Å². The van der Waals surface area contributed by atoms with Crippen molar-refractivity contribution in [1.29, 1.82) is 5.26 Å². The maximum absolute atomic E-state index is 9.20. The Bertz CT molecular complexity index is 669. The van der Waals surface area contributed by atoms with Crippen LogP contribution in [0.15, 0.2) is 35.6 Å². The second kappa shape index (κ2) is 6.95. The summed E-state index contributed by atoms with van der Waals surface area (Å²) in [6.45, 7) is 0.636. The van der Waals surface area contributed by atoms with Crippen molar-refractivity contribution >= 4 is 17.6 Å². The molecule has 2 rings (SSSR count). The van der Waals surface area contributed by atoms with Crippen molar-refractivity contribution in [2.45, 2.75) is 11.7 Å². The van der Waals surface area contributed by atoms with Gasteiger partial charge in [0.05, 0.1) is 13.3 Å². The standard InChI is InChI=1S/C15H16N4OS/c1-19(10-11-5-4-6-13(7-11)20-2)14-12(8-16)9-17-15(18-14)21-3/h4-7,9H,10H2,1-3H3. The van der Waals surface area contributed by atoms with E-state index in [1.165, 1.54) is 11.8 Å².